The molecule has 7 nitrogen and oxygen atoms in total. The van der Waals surface area contributed by atoms with Crippen LogP contribution < -0.4 is 5.69 Å². The van der Waals surface area contributed by atoms with E-state index < -0.39 is 0 Å². The molecular formula is C20H26N4O3. The van der Waals surface area contributed by atoms with Crippen LogP contribution in [0.25, 0.3) is 33.1 Å². The third-order valence-electron chi connectivity index (χ3n) is 4.04. The predicted octanol–water partition coefficient (Wildman–Crippen LogP) is 3.98. The summed E-state index contributed by atoms with van der Waals surface area (Å²) >= 11 is 0. The van der Waals surface area contributed by atoms with Gasteiger partial charge in [0.25, 0.3) is 0 Å². The van der Waals surface area contributed by atoms with Crippen molar-refractivity contribution in [3.8, 4) is 11.1 Å². The molecule has 0 saturated carbocycles. The number of H-pyrrole nitrogens is 1. The molecule has 4 rings (SSSR count). The van der Waals surface area contributed by atoms with Gasteiger partial charge in [0.1, 0.15) is 5.76 Å². The minimum Gasteiger partial charge on any atom is -0.388 e. The number of aromatic amines is 1. The summed E-state index contributed by atoms with van der Waals surface area (Å²) < 4.78 is 11.1. The second kappa shape index (κ2) is 8.64. The fourth-order valence-electron chi connectivity index (χ4n) is 2.98. The first-order chi connectivity index (χ1) is 13.0. The van der Waals surface area contributed by atoms with E-state index in [1.165, 1.54) is 0 Å². The second-order valence-corrected chi connectivity index (χ2v) is 5.85. The number of rotatable bonds is 1. The van der Waals surface area contributed by atoms with Crippen LogP contribution in [0.5, 0.6) is 0 Å². The second-order valence-electron chi connectivity index (χ2n) is 5.85. The number of pyridine rings is 1. The Bertz CT molecular complexity index is 1090. The number of aromatic nitrogens is 4. The van der Waals surface area contributed by atoms with E-state index in [1.54, 1.807) is 32.0 Å². The summed E-state index contributed by atoms with van der Waals surface area (Å²) in [5.74, 6) is 0.784. The van der Waals surface area contributed by atoms with Gasteiger partial charge in [-0.05, 0) is 25.5 Å². The Balaban J connectivity index is 0.000000478. The lowest BCUT2D eigenvalue weighted by Gasteiger charge is -2.05. The van der Waals surface area contributed by atoms with E-state index in [9.17, 15) is 4.79 Å². The average Bonchev–Trinajstić information content (AvgIpc) is 3.16. The molecule has 1 N–H and O–H groups in total. The van der Waals surface area contributed by atoms with Gasteiger partial charge in [-0.15, -0.1) is 0 Å². The Labute approximate surface area is 158 Å². The van der Waals surface area contributed by atoms with Crippen LogP contribution >= 0.6 is 0 Å². The SMILES string of the molecule is CC.COC.Cc1noc(C)c1-c1ccc2c(c1)ncc1[nH]c(=O)n(C)c12. The van der Waals surface area contributed by atoms with E-state index in [1.807, 2.05) is 45.9 Å². The van der Waals surface area contributed by atoms with Crippen molar-refractivity contribution in [1.29, 1.82) is 0 Å². The first kappa shape index (κ1) is 20.4. The number of hydrogen-bond donors (Lipinski definition) is 1. The third-order valence-corrected chi connectivity index (χ3v) is 4.04. The monoisotopic (exact) mass is 370 g/mol. The van der Waals surface area contributed by atoms with Crippen LogP contribution in [0.15, 0.2) is 33.7 Å². The highest BCUT2D eigenvalue weighted by Gasteiger charge is 2.14. The highest BCUT2D eigenvalue weighted by molar-refractivity contribution is 6.03. The van der Waals surface area contributed by atoms with Crippen LogP contribution in [-0.2, 0) is 11.8 Å². The molecule has 0 aliphatic carbocycles. The molecule has 0 fully saturated rings. The molecule has 0 radical (unpaired) electrons. The lowest BCUT2D eigenvalue weighted by molar-refractivity contribution is 0.277. The zero-order valence-corrected chi connectivity index (χ0v) is 16.9. The number of hydrogen-bond acceptors (Lipinski definition) is 5. The van der Waals surface area contributed by atoms with Crippen molar-refractivity contribution in [2.45, 2.75) is 27.7 Å². The largest absolute Gasteiger partial charge is 0.388 e. The summed E-state index contributed by atoms with van der Waals surface area (Å²) in [6.45, 7) is 7.81. The van der Waals surface area contributed by atoms with Crippen LogP contribution in [0.3, 0.4) is 0 Å². The summed E-state index contributed by atoms with van der Waals surface area (Å²) in [7, 11) is 5.00. The van der Waals surface area contributed by atoms with Crippen molar-refractivity contribution in [2.24, 2.45) is 7.05 Å². The van der Waals surface area contributed by atoms with Crippen LogP contribution in [0.1, 0.15) is 25.3 Å². The zero-order chi connectivity index (χ0) is 20.1. The molecule has 0 amide bonds. The molecule has 0 bridgehead atoms. The van der Waals surface area contributed by atoms with Crippen molar-refractivity contribution >= 4 is 21.9 Å². The number of nitrogens with zero attached hydrogens (tertiary/aromatic N) is 3. The summed E-state index contributed by atoms with van der Waals surface area (Å²) in [6, 6.07) is 5.99. The number of benzene rings is 1. The Morgan fingerprint density at radius 3 is 2.44 bits per heavy atom. The lowest BCUT2D eigenvalue weighted by atomic mass is 10.0. The molecule has 27 heavy (non-hydrogen) atoms. The highest BCUT2D eigenvalue weighted by Crippen LogP contribution is 2.30. The van der Waals surface area contributed by atoms with Crippen LogP contribution in [0.2, 0.25) is 0 Å². The van der Waals surface area contributed by atoms with Crippen molar-refractivity contribution in [1.82, 2.24) is 19.7 Å². The molecule has 1 aromatic carbocycles. The van der Waals surface area contributed by atoms with Gasteiger partial charge >= 0.3 is 5.69 Å². The first-order valence-corrected chi connectivity index (χ1v) is 8.78. The van der Waals surface area contributed by atoms with Gasteiger partial charge in [-0.25, -0.2) is 4.79 Å². The number of ether oxygens (including phenoxy) is 1. The van der Waals surface area contributed by atoms with E-state index in [0.717, 1.165) is 44.5 Å². The van der Waals surface area contributed by atoms with Crippen molar-refractivity contribution in [3.05, 3.63) is 46.3 Å². The zero-order valence-electron chi connectivity index (χ0n) is 16.9. The number of imidazole rings is 1. The molecule has 7 heteroatoms. The van der Waals surface area contributed by atoms with Gasteiger partial charge in [-0.1, -0.05) is 31.1 Å². The molecule has 0 unspecified atom stereocenters. The number of nitrogens with one attached hydrogen (secondary N) is 1. The highest BCUT2D eigenvalue weighted by atomic mass is 16.5. The molecule has 0 saturated heterocycles. The molecule has 4 aromatic rings. The summed E-state index contributed by atoms with van der Waals surface area (Å²) in [5, 5.41) is 4.93. The van der Waals surface area contributed by atoms with Gasteiger partial charge in [0.05, 0.1) is 28.4 Å². The van der Waals surface area contributed by atoms with Crippen molar-refractivity contribution in [2.75, 3.05) is 14.2 Å². The van der Waals surface area contributed by atoms with Gasteiger partial charge in [-0.3, -0.25) is 9.55 Å². The molecule has 0 atom stereocenters. The fourth-order valence-corrected chi connectivity index (χ4v) is 2.98. The Hall–Kier alpha value is -2.93. The molecular weight excluding hydrogens is 344 g/mol. The fraction of sp³-hybridized carbons (Fsp3) is 0.350. The van der Waals surface area contributed by atoms with Gasteiger partial charge < -0.3 is 14.2 Å². The molecule has 3 heterocycles. The van der Waals surface area contributed by atoms with E-state index in [2.05, 4.69) is 19.9 Å². The average molecular weight is 370 g/mol. The van der Waals surface area contributed by atoms with Gasteiger partial charge in [-0.2, -0.15) is 0 Å². The Kier molecular flexibility index (Phi) is 6.52. The van der Waals surface area contributed by atoms with Crippen LogP contribution in [0.4, 0.5) is 0 Å². The van der Waals surface area contributed by atoms with Crippen LogP contribution in [0, 0.1) is 13.8 Å². The summed E-state index contributed by atoms with van der Waals surface area (Å²) in [5.41, 5.74) is 5.15. The maximum Gasteiger partial charge on any atom is 0.326 e. The van der Waals surface area contributed by atoms with Gasteiger partial charge in [0, 0.05) is 32.2 Å². The Morgan fingerprint density at radius 2 is 1.85 bits per heavy atom. The van der Waals surface area contributed by atoms with Gasteiger partial charge in [0.15, 0.2) is 0 Å². The Morgan fingerprint density at radius 1 is 1.19 bits per heavy atom. The first-order valence-electron chi connectivity index (χ1n) is 8.78. The number of methoxy groups -OCH3 is 1. The summed E-state index contributed by atoms with van der Waals surface area (Å²) in [4.78, 5) is 19.0. The standard InChI is InChI=1S/C16H14N4O2.C2H6O.C2H6/c1-8-14(9(2)22-19-8)10-4-5-11-12(6-10)17-7-13-15(11)20(3)16(21)18-13;1-3-2;1-2/h4-7H,1-3H3,(H,18,21);1-2H3;1-2H3. The van der Waals surface area contributed by atoms with Crippen molar-refractivity contribution < 1.29 is 9.26 Å². The van der Waals surface area contributed by atoms with E-state index in [0.29, 0.717) is 0 Å². The number of aryl methyl sites for hydroxylation is 3. The minimum absolute atomic E-state index is 0.140. The maximum absolute atomic E-state index is 11.8. The third kappa shape index (κ3) is 3.78. The molecule has 144 valence electrons. The molecule has 0 aliphatic rings. The quantitative estimate of drug-likeness (QED) is 0.548. The van der Waals surface area contributed by atoms with Gasteiger partial charge in [0.2, 0.25) is 0 Å². The van der Waals surface area contributed by atoms with E-state index in [4.69, 9.17) is 4.52 Å². The molecule has 0 spiro atoms. The minimum atomic E-state index is -0.140. The van der Waals surface area contributed by atoms with Crippen molar-refractivity contribution in [3.63, 3.8) is 0 Å². The molecule has 3 aromatic heterocycles. The topological polar surface area (TPSA) is 85.9 Å². The maximum atomic E-state index is 11.8. The normalized spacial score (nSPS) is 10.3. The van der Waals surface area contributed by atoms with E-state index in [-0.39, 0.29) is 5.69 Å². The lowest BCUT2D eigenvalue weighted by Crippen LogP contribution is -2.11. The van der Waals surface area contributed by atoms with Crippen LogP contribution in [-0.4, -0.2) is 33.9 Å². The van der Waals surface area contributed by atoms with E-state index >= 15 is 0 Å². The number of fused-ring (bicyclic) bond motifs is 3. The predicted molar refractivity (Wildman–Crippen MR) is 108 cm³/mol. The summed E-state index contributed by atoms with van der Waals surface area (Å²) in [6.07, 6.45) is 1.69. The molecule has 0 aliphatic heterocycles. The smallest absolute Gasteiger partial charge is 0.326 e.